The Bertz CT molecular complexity index is 424. The number of nitrogens with two attached hydrogens (primary N) is 1. The average Bonchev–Trinajstić information content (AvgIpc) is 2.15. The van der Waals surface area contributed by atoms with Gasteiger partial charge in [0.1, 0.15) is 0 Å². The Kier molecular flexibility index (Phi) is 2.00. The van der Waals surface area contributed by atoms with Crippen molar-refractivity contribution in [2.75, 3.05) is 17.2 Å². The van der Waals surface area contributed by atoms with Crippen LogP contribution in [0.5, 0.6) is 0 Å². The van der Waals surface area contributed by atoms with Crippen LogP contribution in [0.3, 0.4) is 0 Å². The number of anilines is 2. The van der Waals surface area contributed by atoms with Gasteiger partial charge in [-0.2, -0.15) is 0 Å². The second-order valence-corrected chi connectivity index (χ2v) is 4.84. The van der Waals surface area contributed by atoms with Crippen LogP contribution in [-0.4, -0.2) is 12.5 Å². The SMILES string of the molecule is Cc1ccc(N2CC(C)(C)C2=O)c(N)c1. The Labute approximate surface area is 89.9 Å². The van der Waals surface area contributed by atoms with Gasteiger partial charge in [0.15, 0.2) is 0 Å². The van der Waals surface area contributed by atoms with Crippen LogP contribution in [0, 0.1) is 12.3 Å². The molecule has 1 amide bonds. The van der Waals surface area contributed by atoms with Gasteiger partial charge in [-0.15, -0.1) is 0 Å². The second kappa shape index (κ2) is 2.99. The average molecular weight is 204 g/mol. The summed E-state index contributed by atoms with van der Waals surface area (Å²) in [6, 6.07) is 5.79. The predicted octanol–water partition coefficient (Wildman–Crippen LogP) is 1.95. The van der Waals surface area contributed by atoms with E-state index in [1.54, 1.807) is 4.90 Å². The third-order valence-corrected chi connectivity index (χ3v) is 2.85. The summed E-state index contributed by atoms with van der Waals surface area (Å²) in [5.41, 5.74) is 8.30. The Morgan fingerprint density at radius 2 is 2.07 bits per heavy atom. The lowest BCUT2D eigenvalue weighted by Crippen LogP contribution is -2.58. The zero-order chi connectivity index (χ0) is 11.2. The van der Waals surface area contributed by atoms with Crippen molar-refractivity contribution in [3.63, 3.8) is 0 Å². The molecule has 15 heavy (non-hydrogen) atoms. The maximum absolute atomic E-state index is 11.8. The fourth-order valence-electron chi connectivity index (χ4n) is 1.92. The molecule has 1 saturated heterocycles. The fraction of sp³-hybridized carbons (Fsp3) is 0.417. The van der Waals surface area contributed by atoms with Crippen molar-refractivity contribution < 1.29 is 4.79 Å². The van der Waals surface area contributed by atoms with Crippen molar-refractivity contribution in [3.8, 4) is 0 Å². The van der Waals surface area contributed by atoms with Crippen molar-refractivity contribution in [1.82, 2.24) is 0 Å². The number of aryl methyl sites for hydroxylation is 1. The van der Waals surface area contributed by atoms with E-state index in [2.05, 4.69) is 0 Å². The third-order valence-electron chi connectivity index (χ3n) is 2.85. The van der Waals surface area contributed by atoms with Crippen molar-refractivity contribution in [2.24, 2.45) is 5.41 Å². The maximum atomic E-state index is 11.8. The van der Waals surface area contributed by atoms with Gasteiger partial charge in [-0.05, 0) is 38.5 Å². The van der Waals surface area contributed by atoms with Gasteiger partial charge < -0.3 is 10.6 Å². The molecule has 1 aromatic carbocycles. The Balaban J connectivity index is 2.30. The molecule has 80 valence electrons. The van der Waals surface area contributed by atoms with E-state index in [0.29, 0.717) is 5.69 Å². The first-order chi connectivity index (χ1) is 6.92. The molecule has 0 atom stereocenters. The Morgan fingerprint density at radius 1 is 1.40 bits per heavy atom. The summed E-state index contributed by atoms with van der Waals surface area (Å²) < 4.78 is 0. The molecule has 3 nitrogen and oxygen atoms in total. The zero-order valence-corrected chi connectivity index (χ0v) is 9.37. The largest absolute Gasteiger partial charge is 0.397 e. The van der Waals surface area contributed by atoms with E-state index in [0.717, 1.165) is 17.8 Å². The van der Waals surface area contributed by atoms with Crippen LogP contribution < -0.4 is 10.6 Å². The molecule has 0 aliphatic carbocycles. The van der Waals surface area contributed by atoms with Gasteiger partial charge in [0.05, 0.1) is 16.8 Å². The molecule has 2 N–H and O–H groups in total. The van der Waals surface area contributed by atoms with E-state index in [4.69, 9.17) is 5.73 Å². The van der Waals surface area contributed by atoms with Crippen LogP contribution >= 0.6 is 0 Å². The van der Waals surface area contributed by atoms with Crippen LogP contribution in [0.4, 0.5) is 11.4 Å². The monoisotopic (exact) mass is 204 g/mol. The molecule has 0 radical (unpaired) electrons. The number of nitrogens with zero attached hydrogens (tertiary/aromatic N) is 1. The molecule has 0 aromatic heterocycles. The van der Waals surface area contributed by atoms with Gasteiger partial charge in [-0.3, -0.25) is 4.79 Å². The van der Waals surface area contributed by atoms with Crippen LogP contribution in [0.15, 0.2) is 18.2 Å². The predicted molar refractivity (Wildman–Crippen MR) is 61.7 cm³/mol. The fourth-order valence-corrected chi connectivity index (χ4v) is 1.92. The molecule has 1 fully saturated rings. The number of benzene rings is 1. The number of β-lactam (4-membered cyclic amide) rings is 1. The van der Waals surface area contributed by atoms with E-state index in [-0.39, 0.29) is 11.3 Å². The topological polar surface area (TPSA) is 46.3 Å². The van der Waals surface area contributed by atoms with Crippen LogP contribution in [0.2, 0.25) is 0 Å². The number of amides is 1. The summed E-state index contributed by atoms with van der Waals surface area (Å²) in [5, 5.41) is 0. The first-order valence-electron chi connectivity index (χ1n) is 5.10. The van der Waals surface area contributed by atoms with E-state index in [9.17, 15) is 4.79 Å². The molecule has 1 heterocycles. The summed E-state index contributed by atoms with van der Waals surface area (Å²) in [5.74, 6) is 0.151. The van der Waals surface area contributed by atoms with Gasteiger partial charge in [-0.1, -0.05) is 6.07 Å². The minimum absolute atomic E-state index is 0.151. The van der Waals surface area contributed by atoms with Crippen molar-refractivity contribution in [1.29, 1.82) is 0 Å². The Morgan fingerprint density at radius 3 is 2.53 bits per heavy atom. The van der Waals surface area contributed by atoms with E-state index < -0.39 is 0 Å². The summed E-state index contributed by atoms with van der Waals surface area (Å²) >= 11 is 0. The number of hydrogen-bond donors (Lipinski definition) is 1. The highest BCUT2D eigenvalue weighted by Gasteiger charge is 2.45. The highest BCUT2D eigenvalue weighted by atomic mass is 16.2. The maximum Gasteiger partial charge on any atom is 0.234 e. The van der Waals surface area contributed by atoms with Crippen LogP contribution in [0.25, 0.3) is 0 Å². The summed E-state index contributed by atoms with van der Waals surface area (Å²) in [6.07, 6.45) is 0. The molecule has 3 heteroatoms. The van der Waals surface area contributed by atoms with Gasteiger partial charge >= 0.3 is 0 Å². The quantitative estimate of drug-likeness (QED) is 0.561. The normalized spacial score (nSPS) is 18.9. The van der Waals surface area contributed by atoms with Gasteiger partial charge in [0.25, 0.3) is 0 Å². The van der Waals surface area contributed by atoms with Crippen molar-refractivity contribution >= 4 is 17.3 Å². The number of carbonyl (C=O) groups excluding carboxylic acids is 1. The minimum atomic E-state index is -0.225. The smallest absolute Gasteiger partial charge is 0.234 e. The first-order valence-corrected chi connectivity index (χ1v) is 5.10. The van der Waals surface area contributed by atoms with Gasteiger partial charge in [0.2, 0.25) is 5.91 Å². The summed E-state index contributed by atoms with van der Waals surface area (Å²) in [6.45, 7) is 6.65. The molecule has 1 aromatic rings. The summed E-state index contributed by atoms with van der Waals surface area (Å²) in [7, 11) is 0. The van der Waals surface area contributed by atoms with Crippen molar-refractivity contribution in [3.05, 3.63) is 23.8 Å². The highest BCUT2D eigenvalue weighted by molar-refractivity contribution is 6.05. The van der Waals surface area contributed by atoms with Crippen LogP contribution in [-0.2, 0) is 4.79 Å². The molecule has 1 aliphatic rings. The van der Waals surface area contributed by atoms with Crippen LogP contribution in [0.1, 0.15) is 19.4 Å². The molecular weight excluding hydrogens is 188 g/mol. The van der Waals surface area contributed by atoms with Crippen molar-refractivity contribution in [2.45, 2.75) is 20.8 Å². The van der Waals surface area contributed by atoms with Gasteiger partial charge in [-0.25, -0.2) is 0 Å². The molecule has 0 saturated carbocycles. The highest BCUT2D eigenvalue weighted by Crippen LogP contribution is 2.37. The standard InChI is InChI=1S/C12H16N2O/c1-8-4-5-10(9(13)6-8)14-7-12(2,3)11(14)15/h4-6H,7,13H2,1-3H3. The molecule has 0 unspecified atom stereocenters. The lowest BCUT2D eigenvalue weighted by atomic mass is 9.82. The van der Waals surface area contributed by atoms with Gasteiger partial charge in [0, 0.05) is 6.54 Å². The van der Waals surface area contributed by atoms with E-state index >= 15 is 0 Å². The number of hydrogen-bond acceptors (Lipinski definition) is 2. The molecule has 2 rings (SSSR count). The van der Waals surface area contributed by atoms with E-state index in [1.807, 2.05) is 39.0 Å². The zero-order valence-electron chi connectivity index (χ0n) is 9.37. The first kappa shape index (κ1) is 10.0. The second-order valence-electron chi connectivity index (χ2n) is 4.84. The lowest BCUT2D eigenvalue weighted by Gasteiger charge is -2.44. The van der Waals surface area contributed by atoms with E-state index in [1.165, 1.54) is 0 Å². The number of rotatable bonds is 1. The third kappa shape index (κ3) is 1.48. The number of nitrogen functional groups attached to an aromatic ring is 1. The molecule has 0 spiro atoms. The Hall–Kier alpha value is -1.51. The lowest BCUT2D eigenvalue weighted by molar-refractivity contribution is -0.132. The minimum Gasteiger partial charge on any atom is -0.397 e. The molecule has 0 bridgehead atoms. The molecule has 1 aliphatic heterocycles. The summed E-state index contributed by atoms with van der Waals surface area (Å²) in [4.78, 5) is 13.5. The molecular formula is C12H16N2O. The number of carbonyl (C=O) groups is 1.